The van der Waals surface area contributed by atoms with E-state index in [0.29, 0.717) is 0 Å². The predicted molar refractivity (Wildman–Crippen MR) is 58.4 cm³/mol. The van der Waals surface area contributed by atoms with Crippen molar-refractivity contribution >= 4 is 0 Å². The number of nitrogens with one attached hydrogen (secondary N) is 1. The number of hydrogen-bond donors (Lipinski definition) is 1. The molecule has 1 unspecified atom stereocenters. The van der Waals surface area contributed by atoms with E-state index in [1.807, 2.05) is 26.8 Å². The lowest BCUT2D eigenvalue weighted by Crippen LogP contribution is -2.34. The third-order valence-electron chi connectivity index (χ3n) is 1.75. The van der Waals surface area contributed by atoms with Gasteiger partial charge in [-0.05, 0) is 26.8 Å². The lowest BCUT2D eigenvalue weighted by Gasteiger charge is -2.16. The summed E-state index contributed by atoms with van der Waals surface area (Å²) in [5.41, 5.74) is 1.06. The Labute approximate surface area is 94.9 Å². The largest absolute Gasteiger partial charge is 0.411 e. The quantitative estimate of drug-likeness (QED) is 0.690. The Hall–Kier alpha value is -0.550. The van der Waals surface area contributed by atoms with E-state index in [1.165, 1.54) is 0 Å². The van der Waals surface area contributed by atoms with Crippen molar-refractivity contribution in [3.63, 3.8) is 0 Å². The minimum Gasteiger partial charge on any atom is -0.370 e. The Morgan fingerprint density at radius 1 is 1.38 bits per heavy atom. The standard InChI is InChI=1S/C11H20F3NO/c1-4-5-15-10(6-9(2)3)7-16-8-11(12,13)14/h6,10,15H,4-5,7-8H2,1-3H3. The van der Waals surface area contributed by atoms with Crippen LogP contribution in [0, 0.1) is 0 Å². The number of hydrogen-bond acceptors (Lipinski definition) is 2. The second-order valence-electron chi connectivity index (χ2n) is 3.93. The van der Waals surface area contributed by atoms with Gasteiger partial charge < -0.3 is 10.1 Å². The molecule has 0 aromatic heterocycles. The molecule has 0 aliphatic heterocycles. The van der Waals surface area contributed by atoms with E-state index in [2.05, 4.69) is 10.1 Å². The van der Waals surface area contributed by atoms with Crippen LogP contribution in [0.5, 0.6) is 0 Å². The normalized spacial score (nSPS) is 13.6. The summed E-state index contributed by atoms with van der Waals surface area (Å²) in [5, 5.41) is 3.12. The van der Waals surface area contributed by atoms with E-state index < -0.39 is 12.8 Å². The van der Waals surface area contributed by atoms with Gasteiger partial charge in [0.2, 0.25) is 0 Å². The minimum absolute atomic E-state index is 0.0463. The molecule has 0 radical (unpaired) electrons. The van der Waals surface area contributed by atoms with Crippen molar-refractivity contribution in [2.24, 2.45) is 0 Å². The maximum Gasteiger partial charge on any atom is 0.411 e. The maximum atomic E-state index is 11.9. The Bertz CT molecular complexity index is 210. The molecule has 1 atom stereocenters. The molecule has 0 amide bonds. The van der Waals surface area contributed by atoms with E-state index in [1.54, 1.807) is 0 Å². The highest BCUT2D eigenvalue weighted by Crippen LogP contribution is 2.14. The van der Waals surface area contributed by atoms with Gasteiger partial charge in [0.25, 0.3) is 0 Å². The number of halogens is 3. The second-order valence-corrected chi connectivity index (χ2v) is 3.93. The van der Waals surface area contributed by atoms with Crippen molar-refractivity contribution in [2.45, 2.75) is 39.4 Å². The molecule has 0 bridgehead atoms. The van der Waals surface area contributed by atoms with Crippen LogP contribution in [0.25, 0.3) is 0 Å². The first-order valence-electron chi connectivity index (χ1n) is 5.38. The third-order valence-corrected chi connectivity index (χ3v) is 1.75. The number of rotatable bonds is 7. The third kappa shape index (κ3) is 9.98. The van der Waals surface area contributed by atoms with Crippen molar-refractivity contribution in [2.75, 3.05) is 19.8 Å². The van der Waals surface area contributed by atoms with Gasteiger partial charge in [-0.2, -0.15) is 13.2 Å². The van der Waals surface area contributed by atoms with Gasteiger partial charge in [-0.15, -0.1) is 0 Å². The Balaban J connectivity index is 3.97. The predicted octanol–water partition coefficient (Wildman–Crippen LogP) is 2.90. The first-order valence-corrected chi connectivity index (χ1v) is 5.38. The lowest BCUT2D eigenvalue weighted by molar-refractivity contribution is -0.174. The molecule has 16 heavy (non-hydrogen) atoms. The van der Waals surface area contributed by atoms with Crippen molar-refractivity contribution in [1.29, 1.82) is 0 Å². The fourth-order valence-electron chi connectivity index (χ4n) is 1.20. The average molecular weight is 239 g/mol. The topological polar surface area (TPSA) is 21.3 Å². The first kappa shape index (κ1) is 15.4. The van der Waals surface area contributed by atoms with Gasteiger partial charge in [-0.3, -0.25) is 0 Å². The molecule has 5 heteroatoms. The molecule has 0 aliphatic rings. The van der Waals surface area contributed by atoms with Crippen LogP contribution in [-0.4, -0.2) is 32.0 Å². The summed E-state index contributed by atoms with van der Waals surface area (Å²) in [4.78, 5) is 0. The Morgan fingerprint density at radius 2 is 2.00 bits per heavy atom. The number of allylic oxidation sites excluding steroid dienone is 1. The molecule has 0 rings (SSSR count). The van der Waals surface area contributed by atoms with Gasteiger partial charge in [0.1, 0.15) is 6.61 Å². The van der Waals surface area contributed by atoms with Crippen molar-refractivity contribution < 1.29 is 17.9 Å². The molecule has 0 aromatic carbocycles. The zero-order chi connectivity index (χ0) is 12.6. The van der Waals surface area contributed by atoms with Crippen LogP contribution in [0.3, 0.4) is 0 Å². The molecule has 0 saturated heterocycles. The summed E-state index contributed by atoms with van der Waals surface area (Å²) in [6.07, 6.45) is -1.43. The molecule has 0 aromatic rings. The van der Waals surface area contributed by atoms with Crippen LogP contribution in [-0.2, 0) is 4.74 Å². The van der Waals surface area contributed by atoms with E-state index in [9.17, 15) is 13.2 Å². The van der Waals surface area contributed by atoms with Gasteiger partial charge in [-0.25, -0.2) is 0 Å². The van der Waals surface area contributed by atoms with Crippen LogP contribution < -0.4 is 5.32 Å². The van der Waals surface area contributed by atoms with Crippen LogP contribution in [0.2, 0.25) is 0 Å². The molecular weight excluding hydrogens is 219 g/mol. The SMILES string of the molecule is CCCNC(C=C(C)C)COCC(F)(F)F. The van der Waals surface area contributed by atoms with Crippen molar-refractivity contribution in [1.82, 2.24) is 5.32 Å². The van der Waals surface area contributed by atoms with Gasteiger partial charge in [0.15, 0.2) is 0 Å². The summed E-state index contributed by atoms with van der Waals surface area (Å²) < 4.78 is 40.2. The molecule has 2 nitrogen and oxygen atoms in total. The molecule has 0 heterocycles. The van der Waals surface area contributed by atoms with Gasteiger partial charge in [0, 0.05) is 6.04 Å². The summed E-state index contributed by atoms with van der Waals surface area (Å²) >= 11 is 0. The molecule has 0 aliphatic carbocycles. The smallest absolute Gasteiger partial charge is 0.370 e. The minimum atomic E-state index is -4.25. The summed E-state index contributed by atoms with van der Waals surface area (Å²) in [7, 11) is 0. The number of ether oxygens (including phenoxy) is 1. The zero-order valence-electron chi connectivity index (χ0n) is 10.0. The summed E-state index contributed by atoms with van der Waals surface area (Å²) in [6.45, 7) is 5.44. The monoisotopic (exact) mass is 239 g/mol. The summed E-state index contributed by atoms with van der Waals surface area (Å²) in [6, 6.07) is -0.146. The Kier molecular flexibility index (Phi) is 7.42. The maximum absolute atomic E-state index is 11.9. The highest BCUT2D eigenvalue weighted by Gasteiger charge is 2.27. The molecule has 96 valence electrons. The molecule has 1 N–H and O–H groups in total. The average Bonchev–Trinajstić information content (AvgIpc) is 2.11. The Morgan fingerprint density at radius 3 is 2.44 bits per heavy atom. The second kappa shape index (κ2) is 7.68. The van der Waals surface area contributed by atoms with Crippen LogP contribution in [0.1, 0.15) is 27.2 Å². The van der Waals surface area contributed by atoms with Crippen LogP contribution >= 0.6 is 0 Å². The highest BCUT2D eigenvalue weighted by atomic mass is 19.4. The van der Waals surface area contributed by atoms with Gasteiger partial charge in [-0.1, -0.05) is 18.6 Å². The molecular formula is C11H20F3NO. The van der Waals surface area contributed by atoms with E-state index in [-0.39, 0.29) is 12.6 Å². The van der Waals surface area contributed by atoms with E-state index in [0.717, 1.165) is 18.5 Å². The fourth-order valence-corrected chi connectivity index (χ4v) is 1.20. The lowest BCUT2D eigenvalue weighted by atomic mass is 10.2. The van der Waals surface area contributed by atoms with Gasteiger partial charge >= 0.3 is 6.18 Å². The molecule has 0 spiro atoms. The van der Waals surface area contributed by atoms with Gasteiger partial charge in [0.05, 0.1) is 6.61 Å². The van der Waals surface area contributed by atoms with Crippen LogP contribution in [0.4, 0.5) is 13.2 Å². The highest BCUT2D eigenvalue weighted by molar-refractivity contribution is 5.01. The first-order chi connectivity index (χ1) is 7.35. The molecule has 0 fully saturated rings. The fraction of sp³-hybridized carbons (Fsp3) is 0.818. The molecule has 0 saturated carbocycles. The van der Waals surface area contributed by atoms with Crippen molar-refractivity contribution in [3.05, 3.63) is 11.6 Å². The van der Waals surface area contributed by atoms with Crippen molar-refractivity contribution in [3.8, 4) is 0 Å². The van der Waals surface area contributed by atoms with E-state index in [4.69, 9.17) is 0 Å². The number of alkyl halides is 3. The zero-order valence-corrected chi connectivity index (χ0v) is 10.0. The van der Waals surface area contributed by atoms with E-state index >= 15 is 0 Å². The summed E-state index contributed by atoms with van der Waals surface area (Å²) in [5.74, 6) is 0. The van der Waals surface area contributed by atoms with Crippen LogP contribution in [0.15, 0.2) is 11.6 Å².